The summed E-state index contributed by atoms with van der Waals surface area (Å²) >= 11 is 1.21. The Hall–Kier alpha value is -2.45. The topological polar surface area (TPSA) is 89.5 Å². The van der Waals surface area contributed by atoms with Gasteiger partial charge in [-0.2, -0.15) is 0 Å². The Balaban J connectivity index is 2.49. The van der Waals surface area contributed by atoms with E-state index in [1.165, 1.54) is 24.5 Å². The SMILES string of the molecule is C=CCS(=O)(=O)CC(=O)Nc1sc(C)c(-c2ccc(C)c(C)c2)c1C(=O)OC. The van der Waals surface area contributed by atoms with Crippen LogP contribution in [0.3, 0.4) is 0 Å². The molecule has 0 atom stereocenters. The van der Waals surface area contributed by atoms with Gasteiger partial charge in [-0.05, 0) is 37.5 Å². The molecule has 0 bridgehead atoms. The number of esters is 1. The van der Waals surface area contributed by atoms with E-state index in [9.17, 15) is 18.0 Å². The second-order valence-electron chi connectivity index (χ2n) is 6.42. The number of methoxy groups -OCH3 is 1. The van der Waals surface area contributed by atoms with Gasteiger partial charge in [-0.15, -0.1) is 17.9 Å². The molecule has 28 heavy (non-hydrogen) atoms. The third-order valence-corrected chi connectivity index (χ3v) is 6.71. The highest BCUT2D eigenvalue weighted by Gasteiger charge is 2.26. The molecule has 1 amide bonds. The highest BCUT2D eigenvalue weighted by Crippen LogP contribution is 2.40. The minimum absolute atomic E-state index is 0.225. The number of sulfone groups is 1. The van der Waals surface area contributed by atoms with E-state index in [-0.39, 0.29) is 16.3 Å². The molecular weight excluding hydrogens is 398 g/mol. The molecule has 2 rings (SSSR count). The van der Waals surface area contributed by atoms with Gasteiger partial charge in [0, 0.05) is 10.4 Å². The highest BCUT2D eigenvalue weighted by molar-refractivity contribution is 7.92. The zero-order valence-electron chi connectivity index (χ0n) is 16.3. The number of ether oxygens (including phenoxy) is 1. The van der Waals surface area contributed by atoms with Crippen molar-refractivity contribution in [2.24, 2.45) is 0 Å². The van der Waals surface area contributed by atoms with Crippen molar-refractivity contribution >= 4 is 38.1 Å². The average molecular weight is 422 g/mol. The lowest BCUT2D eigenvalue weighted by Crippen LogP contribution is -2.24. The van der Waals surface area contributed by atoms with E-state index in [0.29, 0.717) is 5.56 Å². The van der Waals surface area contributed by atoms with E-state index >= 15 is 0 Å². The summed E-state index contributed by atoms with van der Waals surface area (Å²) in [5.41, 5.74) is 3.92. The molecule has 6 nitrogen and oxygen atoms in total. The van der Waals surface area contributed by atoms with Crippen LogP contribution in [0.4, 0.5) is 5.00 Å². The van der Waals surface area contributed by atoms with E-state index < -0.39 is 27.5 Å². The molecule has 1 aromatic heterocycles. The molecule has 0 aliphatic heterocycles. The lowest BCUT2D eigenvalue weighted by molar-refractivity contribution is -0.113. The van der Waals surface area contributed by atoms with Crippen molar-refractivity contribution in [2.75, 3.05) is 23.9 Å². The van der Waals surface area contributed by atoms with E-state index in [1.54, 1.807) is 0 Å². The van der Waals surface area contributed by atoms with E-state index in [4.69, 9.17) is 4.74 Å². The summed E-state index contributed by atoms with van der Waals surface area (Å²) in [6.07, 6.45) is 1.23. The van der Waals surface area contributed by atoms with Crippen LogP contribution >= 0.6 is 11.3 Å². The summed E-state index contributed by atoms with van der Waals surface area (Å²) in [6, 6.07) is 5.84. The first-order valence-corrected chi connectivity index (χ1v) is 11.1. The first-order valence-electron chi connectivity index (χ1n) is 8.50. The van der Waals surface area contributed by atoms with Crippen LogP contribution in [-0.4, -0.2) is 38.9 Å². The van der Waals surface area contributed by atoms with Gasteiger partial charge in [-0.25, -0.2) is 13.2 Å². The van der Waals surface area contributed by atoms with Gasteiger partial charge in [0.2, 0.25) is 5.91 Å². The molecule has 1 N–H and O–H groups in total. The number of hydrogen-bond acceptors (Lipinski definition) is 6. The molecule has 8 heteroatoms. The van der Waals surface area contributed by atoms with Crippen molar-refractivity contribution in [3.8, 4) is 11.1 Å². The quantitative estimate of drug-likeness (QED) is 0.544. The Morgan fingerprint density at radius 2 is 1.89 bits per heavy atom. The summed E-state index contributed by atoms with van der Waals surface area (Å²) in [7, 11) is -2.33. The number of amides is 1. The van der Waals surface area contributed by atoms with Crippen LogP contribution < -0.4 is 5.32 Å². The van der Waals surface area contributed by atoms with Crippen LogP contribution in [-0.2, 0) is 19.4 Å². The van der Waals surface area contributed by atoms with Gasteiger partial charge < -0.3 is 10.1 Å². The van der Waals surface area contributed by atoms with Crippen molar-refractivity contribution < 1.29 is 22.7 Å². The van der Waals surface area contributed by atoms with E-state index in [2.05, 4.69) is 11.9 Å². The monoisotopic (exact) mass is 421 g/mol. The standard InChI is InChI=1S/C20H23NO5S2/c1-6-9-28(24,25)11-16(22)21-19-18(20(23)26-5)17(14(4)27-19)15-8-7-12(2)13(3)10-15/h6-8,10H,1,9,11H2,2-5H3,(H,21,22). The Bertz CT molecular complexity index is 1040. The Morgan fingerprint density at radius 3 is 2.46 bits per heavy atom. The van der Waals surface area contributed by atoms with Gasteiger partial charge >= 0.3 is 5.97 Å². The molecule has 0 aliphatic carbocycles. The zero-order chi connectivity index (χ0) is 21.1. The molecule has 0 saturated heterocycles. The lowest BCUT2D eigenvalue weighted by Gasteiger charge is -2.10. The summed E-state index contributed by atoms with van der Waals surface area (Å²) in [4.78, 5) is 25.5. The molecule has 0 unspecified atom stereocenters. The first kappa shape index (κ1) is 21.8. The van der Waals surface area contributed by atoms with E-state index in [1.807, 2.05) is 39.0 Å². The summed E-state index contributed by atoms with van der Waals surface area (Å²) in [5.74, 6) is -2.28. The minimum Gasteiger partial charge on any atom is -0.465 e. The fraction of sp³-hybridized carbons (Fsp3) is 0.300. The molecule has 150 valence electrons. The predicted octanol–water partition coefficient (Wildman–Crippen LogP) is 3.67. The number of hydrogen-bond donors (Lipinski definition) is 1. The molecular formula is C20H23NO5S2. The predicted molar refractivity (Wildman–Crippen MR) is 113 cm³/mol. The summed E-state index contributed by atoms with van der Waals surface area (Å²) < 4.78 is 28.6. The van der Waals surface area contributed by atoms with Crippen LogP contribution in [0.2, 0.25) is 0 Å². The number of thiophene rings is 1. The van der Waals surface area contributed by atoms with Gasteiger partial charge in [0.1, 0.15) is 16.3 Å². The molecule has 1 aromatic carbocycles. The number of anilines is 1. The number of rotatable bonds is 7. The van der Waals surface area contributed by atoms with Crippen molar-refractivity contribution in [1.82, 2.24) is 0 Å². The van der Waals surface area contributed by atoms with Crippen molar-refractivity contribution in [1.29, 1.82) is 0 Å². The molecule has 0 radical (unpaired) electrons. The molecule has 2 aromatic rings. The lowest BCUT2D eigenvalue weighted by atomic mass is 9.97. The number of aryl methyl sites for hydroxylation is 3. The molecule has 0 fully saturated rings. The van der Waals surface area contributed by atoms with Gasteiger partial charge in [0.05, 0.1) is 12.9 Å². The van der Waals surface area contributed by atoms with Gasteiger partial charge in [-0.3, -0.25) is 4.79 Å². The highest BCUT2D eigenvalue weighted by atomic mass is 32.2. The number of carbonyl (C=O) groups excluding carboxylic acids is 2. The maximum Gasteiger partial charge on any atom is 0.341 e. The van der Waals surface area contributed by atoms with Gasteiger partial charge in [0.15, 0.2) is 9.84 Å². The first-order chi connectivity index (χ1) is 13.1. The molecule has 0 saturated carbocycles. The smallest absolute Gasteiger partial charge is 0.341 e. The molecule has 0 spiro atoms. The van der Waals surface area contributed by atoms with Gasteiger partial charge in [-0.1, -0.05) is 24.3 Å². The number of carbonyl (C=O) groups is 2. The molecule has 0 aliphatic rings. The Kier molecular flexibility index (Phi) is 6.79. The normalized spacial score (nSPS) is 11.1. The van der Waals surface area contributed by atoms with Crippen molar-refractivity contribution in [2.45, 2.75) is 20.8 Å². The van der Waals surface area contributed by atoms with Crippen molar-refractivity contribution in [3.05, 3.63) is 52.4 Å². The second-order valence-corrected chi connectivity index (χ2v) is 9.75. The summed E-state index contributed by atoms with van der Waals surface area (Å²) in [5, 5.41) is 2.84. The van der Waals surface area contributed by atoms with Crippen LogP contribution in [0.25, 0.3) is 11.1 Å². The van der Waals surface area contributed by atoms with Crippen LogP contribution in [0.1, 0.15) is 26.4 Å². The van der Waals surface area contributed by atoms with Crippen LogP contribution in [0, 0.1) is 20.8 Å². The average Bonchev–Trinajstić information content (AvgIpc) is 2.91. The maximum atomic E-state index is 12.5. The van der Waals surface area contributed by atoms with Crippen LogP contribution in [0.5, 0.6) is 0 Å². The maximum absolute atomic E-state index is 12.5. The number of nitrogens with one attached hydrogen (secondary N) is 1. The van der Waals surface area contributed by atoms with Gasteiger partial charge in [0.25, 0.3) is 0 Å². The van der Waals surface area contributed by atoms with E-state index in [0.717, 1.165) is 21.6 Å². The number of benzene rings is 1. The fourth-order valence-corrected chi connectivity index (χ4v) is 4.80. The second kappa shape index (κ2) is 8.70. The van der Waals surface area contributed by atoms with Crippen molar-refractivity contribution in [3.63, 3.8) is 0 Å². The third kappa shape index (κ3) is 4.88. The Labute approximate surface area is 169 Å². The van der Waals surface area contributed by atoms with Crippen LogP contribution in [0.15, 0.2) is 30.9 Å². The largest absolute Gasteiger partial charge is 0.465 e. The Morgan fingerprint density at radius 1 is 1.21 bits per heavy atom. The minimum atomic E-state index is -3.60. The third-order valence-electron chi connectivity index (χ3n) is 4.25. The summed E-state index contributed by atoms with van der Waals surface area (Å²) in [6.45, 7) is 9.19. The zero-order valence-corrected chi connectivity index (χ0v) is 17.9. The molecule has 1 heterocycles. The fourth-order valence-electron chi connectivity index (χ4n) is 2.78.